The summed E-state index contributed by atoms with van der Waals surface area (Å²) in [5, 5.41) is 0.592. The number of halogens is 2. The number of pyridine rings is 1. The molecule has 1 aromatic carbocycles. The van der Waals surface area contributed by atoms with E-state index in [1.807, 2.05) is 25.1 Å². The number of rotatable bonds is 2. The Morgan fingerprint density at radius 1 is 1.39 bits per heavy atom. The van der Waals surface area contributed by atoms with Crippen molar-refractivity contribution in [2.45, 2.75) is 19.1 Å². The van der Waals surface area contributed by atoms with Gasteiger partial charge in [-0.25, -0.2) is 4.39 Å². The summed E-state index contributed by atoms with van der Waals surface area (Å²) in [7, 11) is 0. The zero-order valence-electron chi connectivity index (χ0n) is 12.6. The van der Waals surface area contributed by atoms with Gasteiger partial charge in [0.25, 0.3) is 5.91 Å². The van der Waals surface area contributed by atoms with Gasteiger partial charge in [0.05, 0.1) is 31.0 Å². The van der Waals surface area contributed by atoms with E-state index in [1.54, 1.807) is 11.0 Å². The molecule has 1 aromatic heterocycles. The number of aromatic nitrogens is 1. The maximum Gasteiger partial charge on any atom is 0.257 e. The van der Waals surface area contributed by atoms with Crippen LogP contribution in [0.3, 0.4) is 0 Å². The van der Waals surface area contributed by atoms with Crippen molar-refractivity contribution in [3.8, 4) is 0 Å². The molecule has 0 aliphatic carbocycles. The fraction of sp³-hybridized carbons (Fsp3) is 0.294. The Kier molecular flexibility index (Phi) is 4.59. The quantitative estimate of drug-likeness (QED) is 0.844. The lowest BCUT2D eigenvalue weighted by atomic mass is 10.0. The number of hydrogen-bond acceptors (Lipinski definition) is 3. The normalized spacial score (nSPS) is 21.3. The second kappa shape index (κ2) is 6.64. The van der Waals surface area contributed by atoms with E-state index in [0.717, 1.165) is 11.8 Å². The largest absolute Gasteiger partial charge is 0.369 e. The first-order chi connectivity index (χ1) is 11.1. The highest BCUT2D eigenvalue weighted by atomic mass is 35.5. The average molecular weight is 335 g/mol. The molecule has 1 aliphatic rings. The molecule has 0 bridgehead atoms. The number of amides is 1. The lowest BCUT2D eigenvalue weighted by Crippen LogP contribution is -2.48. The summed E-state index contributed by atoms with van der Waals surface area (Å²) in [5.41, 5.74) is 0.848. The first-order valence-electron chi connectivity index (χ1n) is 7.34. The Hall–Kier alpha value is -1.98. The van der Waals surface area contributed by atoms with Crippen molar-refractivity contribution in [2.24, 2.45) is 0 Å². The fourth-order valence-electron chi connectivity index (χ4n) is 2.67. The van der Waals surface area contributed by atoms with Gasteiger partial charge in [0, 0.05) is 16.8 Å². The molecule has 3 rings (SSSR count). The van der Waals surface area contributed by atoms with Gasteiger partial charge in [0.1, 0.15) is 6.10 Å². The zero-order chi connectivity index (χ0) is 16.4. The second-order valence-corrected chi connectivity index (χ2v) is 5.91. The standard InChI is InChI=1S/C17H16ClFN2O2/c1-11-10-23-16(12-4-2-3-5-14(12)18)9-21(11)17(22)13-6-7-20-8-15(13)19/h2-8,11,16H,9-10H2,1H3/t11-,16+/m0/s1. The van der Waals surface area contributed by atoms with Crippen LogP contribution in [-0.4, -0.2) is 35.0 Å². The van der Waals surface area contributed by atoms with Gasteiger partial charge in [0.2, 0.25) is 0 Å². The fourth-order valence-corrected chi connectivity index (χ4v) is 2.92. The molecule has 23 heavy (non-hydrogen) atoms. The Bertz CT molecular complexity index is 725. The summed E-state index contributed by atoms with van der Waals surface area (Å²) in [6, 6.07) is 8.62. The van der Waals surface area contributed by atoms with E-state index in [2.05, 4.69) is 4.98 Å². The molecule has 0 N–H and O–H groups in total. The highest BCUT2D eigenvalue weighted by molar-refractivity contribution is 6.31. The average Bonchev–Trinajstić information content (AvgIpc) is 2.56. The van der Waals surface area contributed by atoms with Gasteiger partial charge in [-0.15, -0.1) is 0 Å². The summed E-state index contributed by atoms with van der Waals surface area (Å²) in [5.74, 6) is -0.983. The maximum absolute atomic E-state index is 13.8. The van der Waals surface area contributed by atoms with Gasteiger partial charge in [0.15, 0.2) is 5.82 Å². The summed E-state index contributed by atoms with van der Waals surface area (Å²) in [6.07, 6.45) is 2.13. The third-order valence-corrected chi connectivity index (χ3v) is 4.29. The van der Waals surface area contributed by atoms with Crippen LogP contribution >= 0.6 is 11.6 Å². The highest BCUT2D eigenvalue weighted by Crippen LogP contribution is 2.30. The predicted molar refractivity (Wildman–Crippen MR) is 84.8 cm³/mol. The van der Waals surface area contributed by atoms with E-state index >= 15 is 0 Å². The molecule has 0 saturated carbocycles. The molecular formula is C17H16ClFN2O2. The molecule has 1 aliphatic heterocycles. The van der Waals surface area contributed by atoms with Crippen molar-refractivity contribution in [2.75, 3.05) is 13.2 Å². The Labute approximate surface area is 138 Å². The second-order valence-electron chi connectivity index (χ2n) is 5.51. The first-order valence-corrected chi connectivity index (χ1v) is 7.72. The van der Waals surface area contributed by atoms with Gasteiger partial charge in [-0.2, -0.15) is 0 Å². The van der Waals surface area contributed by atoms with Gasteiger partial charge in [-0.3, -0.25) is 9.78 Å². The third kappa shape index (κ3) is 3.21. The number of nitrogens with zero attached hydrogens (tertiary/aromatic N) is 2. The first kappa shape index (κ1) is 15.9. The number of benzene rings is 1. The molecule has 1 fully saturated rings. The van der Waals surface area contributed by atoms with Crippen molar-refractivity contribution in [1.29, 1.82) is 0 Å². The molecule has 1 saturated heterocycles. The van der Waals surface area contributed by atoms with Crippen LogP contribution in [0.25, 0.3) is 0 Å². The molecule has 0 radical (unpaired) electrons. The van der Waals surface area contributed by atoms with E-state index < -0.39 is 5.82 Å². The molecule has 0 unspecified atom stereocenters. The van der Waals surface area contributed by atoms with Gasteiger partial charge in [-0.1, -0.05) is 29.8 Å². The molecule has 120 valence electrons. The molecule has 1 amide bonds. The Morgan fingerprint density at radius 3 is 2.91 bits per heavy atom. The van der Waals surface area contributed by atoms with Crippen LogP contribution in [0, 0.1) is 5.82 Å². The van der Waals surface area contributed by atoms with Crippen molar-refractivity contribution < 1.29 is 13.9 Å². The van der Waals surface area contributed by atoms with Crippen LogP contribution in [0.5, 0.6) is 0 Å². The minimum atomic E-state index is -0.620. The molecule has 2 atom stereocenters. The topological polar surface area (TPSA) is 42.4 Å². The third-order valence-electron chi connectivity index (χ3n) is 3.95. The molecule has 2 heterocycles. The van der Waals surface area contributed by atoms with Crippen LogP contribution in [0.15, 0.2) is 42.7 Å². The molecule has 0 spiro atoms. The Balaban J connectivity index is 1.86. The monoisotopic (exact) mass is 334 g/mol. The number of morpholine rings is 1. The lowest BCUT2D eigenvalue weighted by molar-refractivity contribution is -0.0487. The summed E-state index contributed by atoms with van der Waals surface area (Å²) in [4.78, 5) is 18.0. The SMILES string of the molecule is C[C@H]1CO[C@@H](c2ccccc2Cl)CN1C(=O)c1ccncc1F. The van der Waals surface area contributed by atoms with Gasteiger partial charge in [-0.05, 0) is 19.1 Å². The van der Waals surface area contributed by atoms with E-state index in [-0.39, 0.29) is 23.6 Å². The van der Waals surface area contributed by atoms with E-state index in [0.29, 0.717) is 18.2 Å². The predicted octanol–water partition coefficient (Wildman–Crippen LogP) is 3.48. The maximum atomic E-state index is 13.8. The zero-order valence-corrected chi connectivity index (χ0v) is 13.3. The highest BCUT2D eigenvalue weighted by Gasteiger charge is 2.32. The summed E-state index contributed by atoms with van der Waals surface area (Å²) < 4.78 is 19.7. The van der Waals surface area contributed by atoms with Crippen molar-refractivity contribution >= 4 is 17.5 Å². The van der Waals surface area contributed by atoms with Gasteiger partial charge < -0.3 is 9.64 Å². The number of ether oxygens (including phenoxy) is 1. The van der Waals surface area contributed by atoms with Crippen LogP contribution in [0.1, 0.15) is 28.9 Å². The van der Waals surface area contributed by atoms with Crippen molar-refractivity contribution in [1.82, 2.24) is 9.88 Å². The van der Waals surface area contributed by atoms with Gasteiger partial charge >= 0.3 is 0 Å². The number of carbonyl (C=O) groups is 1. The minimum Gasteiger partial charge on any atom is -0.369 e. The smallest absolute Gasteiger partial charge is 0.257 e. The minimum absolute atomic E-state index is 0.0201. The van der Waals surface area contributed by atoms with Crippen LogP contribution in [0.2, 0.25) is 5.02 Å². The molecule has 4 nitrogen and oxygen atoms in total. The molecule has 2 aromatic rings. The van der Waals surface area contributed by atoms with Crippen LogP contribution < -0.4 is 0 Å². The lowest BCUT2D eigenvalue weighted by Gasteiger charge is -2.38. The summed E-state index contributed by atoms with van der Waals surface area (Å²) >= 11 is 6.21. The van der Waals surface area contributed by atoms with E-state index in [9.17, 15) is 9.18 Å². The number of carbonyl (C=O) groups excluding carboxylic acids is 1. The van der Waals surface area contributed by atoms with E-state index in [4.69, 9.17) is 16.3 Å². The van der Waals surface area contributed by atoms with Crippen LogP contribution in [0.4, 0.5) is 4.39 Å². The number of hydrogen-bond donors (Lipinski definition) is 0. The van der Waals surface area contributed by atoms with E-state index in [1.165, 1.54) is 12.3 Å². The summed E-state index contributed by atoms with van der Waals surface area (Å²) in [6.45, 7) is 2.57. The molecular weight excluding hydrogens is 319 g/mol. The van der Waals surface area contributed by atoms with Crippen molar-refractivity contribution in [3.05, 3.63) is 64.7 Å². The van der Waals surface area contributed by atoms with Crippen LogP contribution in [-0.2, 0) is 4.74 Å². The van der Waals surface area contributed by atoms with Crippen molar-refractivity contribution in [3.63, 3.8) is 0 Å². The Morgan fingerprint density at radius 2 is 2.17 bits per heavy atom. The molecule has 6 heteroatoms.